The standard InChI is InChI=1S/C82H70N8/c1-79(2,3)59-30-36-70-66(44-59)67-45-60(80(4,5)6)31-37-71(67)89(70)74-42-57(28-34-64(74)55-17-14-16-51(40-55)49-84)77-86-76(54-26-24-53(25-27-54)52-22-20-50(48-83)21-23-52)87-78(88-77)58-29-35-65(56-18-15-19-63(41-56)85-13)75(43-58)90-72-38-32-61(81(7,8)9)46-68(72)69-47-62(82(10,11)12)33-39-73(69)90/h14-47H,1-12H3. The van der Waals surface area contributed by atoms with Gasteiger partial charge in [-0.05, 0) is 157 Å². The Labute approximate surface area is 527 Å². The van der Waals surface area contributed by atoms with Crippen molar-refractivity contribution in [1.82, 2.24) is 24.1 Å². The number of fused-ring (bicyclic) bond motifs is 6. The number of nitrogens with zero attached hydrogens (tertiary/aromatic N) is 8. The minimum absolute atomic E-state index is 0.0904. The van der Waals surface area contributed by atoms with Crippen LogP contribution in [0.4, 0.5) is 5.69 Å². The van der Waals surface area contributed by atoms with Crippen LogP contribution >= 0.6 is 0 Å². The van der Waals surface area contributed by atoms with E-state index in [9.17, 15) is 10.5 Å². The van der Waals surface area contributed by atoms with Crippen molar-refractivity contribution in [2.45, 2.75) is 105 Å². The Morgan fingerprint density at radius 1 is 0.333 bits per heavy atom. The van der Waals surface area contributed by atoms with Crippen LogP contribution in [0.3, 0.4) is 0 Å². The van der Waals surface area contributed by atoms with Crippen LogP contribution in [0.5, 0.6) is 0 Å². The Hall–Kier alpha value is -10.7. The summed E-state index contributed by atoms with van der Waals surface area (Å²) < 4.78 is 4.76. The molecule has 0 N–H and O–H groups in total. The molecule has 0 unspecified atom stereocenters. The zero-order valence-corrected chi connectivity index (χ0v) is 53.2. The number of aromatic nitrogens is 5. The molecule has 0 saturated carbocycles. The van der Waals surface area contributed by atoms with Gasteiger partial charge in [0.2, 0.25) is 0 Å². The summed E-state index contributed by atoms with van der Waals surface area (Å²) in [6.45, 7) is 35.2. The molecule has 438 valence electrons. The summed E-state index contributed by atoms with van der Waals surface area (Å²) in [5.74, 6) is 1.45. The van der Waals surface area contributed by atoms with Crippen molar-refractivity contribution < 1.29 is 0 Å². The number of hydrogen-bond acceptors (Lipinski definition) is 5. The van der Waals surface area contributed by atoms with E-state index in [0.29, 0.717) is 34.3 Å². The van der Waals surface area contributed by atoms with Crippen LogP contribution in [0.2, 0.25) is 0 Å². The van der Waals surface area contributed by atoms with Crippen molar-refractivity contribution in [2.24, 2.45) is 0 Å². The molecule has 3 heterocycles. The highest BCUT2D eigenvalue weighted by molar-refractivity contribution is 6.12. The van der Waals surface area contributed by atoms with Crippen molar-refractivity contribution in [3.05, 3.63) is 251 Å². The molecule has 8 heteroatoms. The van der Waals surface area contributed by atoms with Gasteiger partial charge in [-0.3, -0.25) is 0 Å². The molecule has 0 aliphatic heterocycles. The molecular formula is C82H70N8. The highest BCUT2D eigenvalue weighted by atomic mass is 15.0. The molecule has 90 heavy (non-hydrogen) atoms. The SMILES string of the molecule is [C-]#[N+]c1cccc(-c2ccc(-c3nc(-c4ccc(-c5ccc(C#N)cc5)cc4)nc(-c4ccc(-c5cccc(C#N)c5)c(-n5c6ccc(C(C)(C)C)cc6c6cc(C(C)(C)C)ccc65)c4)n3)cc2-n2c3ccc(C(C)(C)C)cc3c3cc(C(C)(C)C)ccc32)c1. The van der Waals surface area contributed by atoms with E-state index < -0.39 is 0 Å². The normalized spacial score (nSPS) is 12.2. The molecule has 0 bridgehead atoms. The third kappa shape index (κ3) is 10.7. The van der Waals surface area contributed by atoms with Crippen molar-refractivity contribution in [3.63, 3.8) is 0 Å². The maximum Gasteiger partial charge on any atom is 0.187 e. The summed E-state index contributed by atoms with van der Waals surface area (Å²) >= 11 is 0. The molecule has 3 aromatic heterocycles. The minimum Gasteiger partial charge on any atom is -0.309 e. The number of rotatable bonds is 8. The zero-order valence-electron chi connectivity index (χ0n) is 53.2. The van der Waals surface area contributed by atoms with E-state index in [-0.39, 0.29) is 21.7 Å². The van der Waals surface area contributed by atoms with E-state index in [0.717, 1.165) is 105 Å². The summed E-state index contributed by atoms with van der Waals surface area (Å²) in [4.78, 5) is 20.3. The minimum atomic E-state index is -0.0918. The van der Waals surface area contributed by atoms with E-state index in [1.807, 2.05) is 60.7 Å². The third-order valence-corrected chi connectivity index (χ3v) is 17.7. The van der Waals surface area contributed by atoms with Crippen LogP contribution in [0.15, 0.2) is 206 Å². The lowest BCUT2D eigenvalue weighted by molar-refractivity contribution is 0.590. The molecule has 0 aliphatic rings. The van der Waals surface area contributed by atoms with Crippen LogP contribution in [0.25, 0.3) is 127 Å². The van der Waals surface area contributed by atoms with Gasteiger partial charge >= 0.3 is 0 Å². The van der Waals surface area contributed by atoms with Gasteiger partial charge in [0.05, 0.1) is 63.3 Å². The van der Waals surface area contributed by atoms with Crippen LogP contribution in [0.1, 0.15) is 116 Å². The van der Waals surface area contributed by atoms with Gasteiger partial charge < -0.3 is 9.13 Å². The molecule has 13 aromatic rings. The number of nitriles is 2. The first-order valence-electron chi connectivity index (χ1n) is 30.8. The largest absolute Gasteiger partial charge is 0.309 e. The number of hydrogen-bond donors (Lipinski definition) is 0. The Balaban J connectivity index is 1.08. The predicted octanol–water partition coefficient (Wildman–Crippen LogP) is 21.6. The molecule has 0 spiro atoms. The number of benzene rings is 10. The van der Waals surface area contributed by atoms with E-state index in [2.05, 4.69) is 255 Å². The first-order chi connectivity index (χ1) is 42.9. The van der Waals surface area contributed by atoms with Crippen LogP contribution in [-0.4, -0.2) is 24.1 Å². The Morgan fingerprint density at radius 3 is 1.06 bits per heavy atom. The average Bonchev–Trinajstić information content (AvgIpc) is 1.69. The second kappa shape index (κ2) is 21.8. The highest BCUT2D eigenvalue weighted by Crippen LogP contribution is 2.45. The molecular weight excluding hydrogens is 1100 g/mol. The van der Waals surface area contributed by atoms with Gasteiger partial charge in [0.25, 0.3) is 0 Å². The molecule has 0 saturated heterocycles. The molecule has 0 radical (unpaired) electrons. The third-order valence-electron chi connectivity index (χ3n) is 17.7. The monoisotopic (exact) mass is 1170 g/mol. The van der Waals surface area contributed by atoms with Gasteiger partial charge in [-0.2, -0.15) is 10.5 Å². The molecule has 10 aromatic carbocycles. The summed E-state index contributed by atoms with van der Waals surface area (Å²) in [7, 11) is 0. The zero-order chi connectivity index (χ0) is 63.2. The Bertz CT molecular complexity index is 4760. The topological polar surface area (TPSA) is 100 Å². The summed E-state index contributed by atoms with van der Waals surface area (Å²) in [6, 6.07) is 76.6. The lowest BCUT2D eigenvalue weighted by atomic mass is 9.85. The van der Waals surface area contributed by atoms with Crippen molar-refractivity contribution in [2.75, 3.05) is 0 Å². The fourth-order valence-electron chi connectivity index (χ4n) is 12.4. The lowest BCUT2D eigenvalue weighted by Crippen LogP contribution is -2.10. The van der Waals surface area contributed by atoms with Gasteiger partial charge in [0, 0.05) is 49.4 Å². The van der Waals surface area contributed by atoms with Crippen molar-refractivity contribution >= 4 is 49.3 Å². The van der Waals surface area contributed by atoms with Gasteiger partial charge in [-0.25, -0.2) is 19.8 Å². The average molecular weight is 1170 g/mol. The Kier molecular flexibility index (Phi) is 14.2. The highest BCUT2D eigenvalue weighted by Gasteiger charge is 2.27. The fourth-order valence-corrected chi connectivity index (χ4v) is 12.4. The first-order valence-corrected chi connectivity index (χ1v) is 30.8. The summed E-state index contributed by atoms with van der Waals surface area (Å²) in [5.41, 5.74) is 20.5. The van der Waals surface area contributed by atoms with Gasteiger partial charge in [0.1, 0.15) is 0 Å². The Morgan fingerprint density at radius 2 is 0.678 bits per heavy atom. The van der Waals surface area contributed by atoms with Crippen LogP contribution in [-0.2, 0) is 21.7 Å². The molecule has 0 fully saturated rings. The van der Waals surface area contributed by atoms with Crippen molar-refractivity contribution in [1.29, 1.82) is 10.5 Å². The first kappa shape index (κ1) is 58.3. The smallest absolute Gasteiger partial charge is 0.187 e. The van der Waals surface area contributed by atoms with E-state index in [1.165, 1.54) is 22.3 Å². The van der Waals surface area contributed by atoms with Gasteiger partial charge in [-0.1, -0.05) is 198 Å². The van der Waals surface area contributed by atoms with Gasteiger partial charge in [-0.15, -0.1) is 0 Å². The second-order valence-corrected chi connectivity index (χ2v) is 28.0. The second-order valence-electron chi connectivity index (χ2n) is 28.0. The maximum absolute atomic E-state index is 10.3. The molecule has 13 rings (SSSR count). The van der Waals surface area contributed by atoms with E-state index in [1.54, 1.807) is 0 Å². The molecule has 8 nitrogen and oxygen atoms in total. The van der Waals surface area contributed by atoms with Gasteiger partial charge in [0.15, 0.2) is 23.2 Å². The predicted molar refractivity (Wildman–Crippen MR) is 372 cm³/mol. The van der Waals surface area contributed by atoms with Crippen LogP contribution < -0.4 is 0 Å². The molecule has 0 aliphatic carbocycles. The lowest BCUT2D eigenvalue weighted by Gasteiger charge is -2.20. The quantitative estimate of drug-likeness (QED) is 0.141. The summed E-state index contributed by atoms with van der Waals surface area (Å²) in [5, 5.41) is 24.5. The maximum atomic E-state index is 10.3. The molecule has 0 atom stereocenters. The van der Waals surface area contributed by atoms with Crippen molar-refractivity contribution in [3.8, 4) is 91.1 Å². The molecule has 0 amide bonds. The van der Waals surface area contributed by atoms with E-state index >= 15 is 0 Å². The van der Waals surface area contributed by atoms with E-state index in [4.69, 9.17) is 21.5 Å². The summed E-state index contributed by atoms with van der Waals surface area (Å²) in [6.07, 6.45) is 0. The fraction of sp³-hybridized carbons (Fsp3) is 0.195. The van der Waals surface area contributed by atoms with Crippen LogP contribution in [0, 0.1) is 29.2 Å².